The minimum atomic E-state index is -0.278. The van der Waals surface area contributed by atoms with Gasteiger partial charge >= 0.3 is 0 Å². The van der Waals surface area contributed by atoms with Gasteiger partial charge in [-0.05, 0) is 42.0 Å². The van der Waals surface area contributed by atoms with Crippen LogP contribution in [0.5, 0.6) is 0 Å². The Morgan fingerprint density at radius 3 is 2.84 bits per heavy atom. The van der Waals surface area contributed by atoms with Gasteiger partial charge in [0.05, 0.1) is 5.52 Å². The predicted molar refractivity (Wildman–Crippen MR) is 102 cm³/mol. The van der Waals surface area contributed by atoms with Crippen molar-refractivity contribution >= 4 is 55.4 Å². The predicted octanol–water partition coefficient (Wildman–Crippen LogP) is 5.33. The molecule has 0 unspecified atom stereocenters. The number of hydrogen-bond acceptors (Lipinski definition) is 3. The lowest BCUT2D eigenvalue weighted by Gasteiger charge is -2.03. The lowest BCUT2D eigenvalue weighted by Crippen LogP contribution is -2.22. The van der Waals surface area contributed by atoms with E-state index in [1.54, 1.807) is 12.1 Å². The van der Waals surface area contributed by atoms with Gasteiger partial charge in [0.15, 0.2) is 5.76 Å². The second-order valence-corrected chi connectivity index (χ2v) is 7.00. The Morgan fingerprint density at radius 2 is 2.00 bits per heavy atom. The molecule has 0 aliphatic rings. The van der Waals surface area contributed by atoms with Crippen molar-refractivity contribution in [2.45, 2.75) is 6.54 Å². The molecule has 1 N–H and O–H groups in total. The summed E-state index contributed by atoms with van der Waals surface area (Å²) in [6, 6.07) is 16.9. The van der Waals surface area contributed by atoms with Crippen molar-refractivity contribution in [2.75, 3.05) is 0 Å². The Kier molecular flexibility index (Phi) is 4.19. The molecule has 4 nitrogen and oxygen atoms in total. The summed E-state index contributed by atoms with van der Waals surface area (Å²) in [5.74, 6) is -0.0426. The van der Waals surface area contributed by atoms with Crippen molar-refractivity contribution in [3.63, 3.8) is 0 Å². The van der Waals surface area contributed by atoms with Crippen LogP contribution < -0.4 is 5.32 Å². The van der Waals surface area contributed by atoms with Gasteiger partial charge in [-0.3, -0.25) is 4.79 Å². The third kappa shape index (κ3) is 3.38. The topological polar surface area (TPSA) is 55.1 Å². The lowest BCUT2D eigenvalue weighted by molar-refractivity contribution is 0.0925. The number of aromatic nitrogens is 1. The number of fused-ring (bicyclic) bond motifs is 2. The highest BCUT2D eigenvalue weighted by Gasteiger charge is 2.14. The number of rotatable bonds is 3. The van der Waals surface area contributed by atoms with Crippen LogP contribution in [0, 0.1) is 0 Å². The smallest absolute Gasteiger partial charge is 0.287 e. The second kappa shape index (κ2) is 6.50. The molecule has 0 saturated carbocycles. The van der Waals surface area contributed by atoms with Crippen LogP contribution in [-0.2, 0) is 6.54 Å². The maximum absolute atomic E-state index is 12.4. The maximum Gasteiger partial charge on any atom is 0.287 e. The highest BCUT2D eigenvalue weighted by Crippen LogP contribution is 2.25. The molecule has 2 aromatic carbocycles. The van der Waals surface area contributed by atoms with Crippen LogP contribution in [0.3, 0.4) is 0 Å². The first kappa shape index (κ1) is 16.1. The molecule has 0 atom stereocenters. The number of carbonyl (C=O) groups excluding carboxylic acids is 1. The maximum atomic E-state index is 12.4. The van der Waals surface area contributed by atoms with Crippen molar-refractivity contribution in [3.05, 3.63) is 75.4 Å². The molecule has 0 saturated heterocycles. The summed E-state index contributed by atoms with van der Waals surface area (Å²) < 4.78 is 6.58. The summed E-state index contributed by atoms with van der Waals surface area (Å²) in [6.45, 7) is 0.417. The zero-order valence-corrected chi connectivity index (χ0v) is 15.3. The standard InChI is InChI=1S/C19H12BrClN2O2/c20-14-3-1-2-11(6-14)10-22-18(24)17-8-13-7-12-4-5-15(21)9-16(12)23-19(13)25-17/h1-9H,10H2,(H,22,24). The summed E-state index contributed by atoms with van der Waals surface area (Å²) in [6.07, 6.45) is 0. The van der Waals surface area contributed by atoms with Crippen LogP contribution in [0.15, 0.2) is 63.5 Å². The number of furan rings is 1. The number of amides is 1. The van der Waals surface area contributed by atoms with Crippen LogP contribution >= 0.6 is 27.5 Å². The number of hydrogen-bond donors (Lipinski definition) is 1. The van der Waals surface area contributed by atoms with E-state index in [9.17, 15) is 4.79 Å². The highest BCUT2D eigenvalue weighted by atomic mass is 79.9. The van der Waals surface area contributed by atoms with E-state index in [-0.39, 0.29) is 11.7 Å². The van der Waals surface area contributed by atoms with Gasteiger partial charge < -0.3 is 9.73 Å². The van der Waals surface area contributed by atoms with Crippen molar-refractivity contribution in [3.8, 4) is 0 Å². The first-order valence-corrected chi connectivity index (χ1v) is 8.78. The van der Waals surface area contributed by atoms with Crippen molar-refractivity contribution in [1.82, 2.24) is 10.3 Å². The van der Waals surface area contributed by atoms with Gasteiger partial charge in [0.2, 0.25) is 5.71 Å². The Hall–Kier alpha value is -2.37. The van der Waals surface area contributed by atoms with Crippen molar-refractivity contribution in [1.29, 1.82) is 0 Å². The van der Waals surface area contributed by atoms with Crippen LogP contribution in [0.1, 0.15) is 16.1 Å². The van der Waals surface area contributed by atoms with E-state index >= 15 is 0 Å². The van der Waals surface area contributed by atoms with Crippen molar-refractivity contribution in [2.24, 2.45) is 0 Å². The minimum absolute atomic E-state index is 0.235. The molecule has 25 heavy (non-hydrogen) atoms. The Labute approximate surface area is 156 Å². The molecule has 1 amide bonds. The minimum Gasteiger partial charge on any atom is -0.433 e. The zero-order valence-electron chi connectivity index (χ0n) is 12.9. The van der Waals surface area contributed by atoms with E-state index in [0.29, 0.717) is 17.3 Å². The summed E-state index contributed by atoms with van der Waals surface area (Å²) in [5, 5.41) is 5.18. The van der Waals surface area contributed by atoms with Gasteiger partial charge in [-0.15, -0.1) is 0 Å². The second-order valence-electron chi connectivity index (χ2n) is 5.64. The molecule has 0 aliphatic heterocycles. The third-order valence-electron chi connectivity index (χ3n) is 3.83. The van der Waals surface area contributed by atoms with E-state index in [2.05, 4.69) is 26.2 Å². The lowest BCUT2D eigenvalue weighted by atomic mass is 10.2. The van der Waals surface area contributed by atoms with E-state index in [1.807, 2.05) is 42.5 Å². The molecule has 0 bridgehead atoms. The fraction of sp³-hybridized carbons (Fsp3) is 0.0526. The number of halogens is 2. The number of nitrogens with zero attached hydrogens (tertiary/aromatic N) is 1. The molecular formula is C19H12BrClN2O2. The molecule has 0 spiro atoms. The average Bonchev–Trinajstić information content (AvgIpc) is 3.00. The van der Waals surface area contributed by atoms with Crippen LogP contribution in [0.2, 0.25) is 5.02 Å². The number of benzene rings is 2. The van der Waals surface area contributed by atoms with E-state index < -0.39 is 0 Å². The SMILES string of the molecule is O=C(NCc1cccc(Br)c1)c1cc2cc3ccc(Cl)cc3nc2o1. The molecule has 6 heteroatoms. The summed E-state index contributed by atoms with van der Waals surface area (Å²) in [4.78, 5) is 16.8. The molecule has 4 aromatic rings. The first-order chi connectivity index (χ1) is 12.1. The molecule has 0 radical (unpaired) electrons. The fourth-order valence-corrected chi connectivity index (χ4v) is 3.24. The Morgan fingerprint density at radius 1 is 1.12 bits per heavy atom. The molecule has 2 heterocycles. The largest absolute Gasteiger partial charge is 0.433 e. The summed E-state index contributed by atoms with van der Waals surface area (Å²) >= 11 is 9.41. The Balaban J connectivity index is 1.60. The van der Waals surface area contributed by atoms with E-state index in [1.165, 1.54) is 0 Å². The third-order valence-corrected chi connectivity index (χ3v) is 4.56. The van der Waals surface area contributed by atoms with Gasteiger partial charge in [-0.2, -0.15) is 0 Å². The molecule has 124 valence electrons. The van der Waals surface area contributed by atoms with Crippen molar-refractivity contribution < 1.29 is 9.21 Å². The van der Waals surface area contributed by atoms with Gasteiger partial charge in [-0.1, -0.05) is 45.7 Å². The summed E-state index contributed by atoms with van der Waals surface area (Å²) in [5.41, 5.74) is 2.15. The normalized spacial score (nSPS) is 11.1. The zero-order chi connectivity index (χ0) is 17.4. The fourth-order valence-electron chi connectivity index (χ4n) is 2.63. The molecule has 0 fully saturated rings. The summed E-state index contributed by atoms with van der Waals surface area (Å²) in [7, 11) is 0. The van der Waals surface area contributed by atoms with E-state index in [0.717, 1.165) is 26.3 Å². The van der Waals surface area contributed by atoms with E-state index in [4.69, 9.17) is 16.0 Å². The quantitative estimate of drug-likeness (QED) is 0.492. The van der Waals surface area contributed by atoms with Crippen LogP contribution in [0.4, 0.5) is 0 Å². The van der Waals surface area contributed by atoms with Gasteiger partial charge in [0.25, 0.3) is 5.91 Å². The molecule has 2 aromatic heterocycles. The molecule has 0 aliphatic carbocycles. The molecular weight excluding hydrogens is 404 g/mol. The first-order valence-electron chi connectivity index (χ1n) is 7.61. The number of carbonyl (C=O) groups is 1. The average molecular weight is 416 g/mol. The number of nitrogens with one attached hydrogen (secondary N) is 1. The van der Waals surface area contributed by atoms with Crippen LogP contribution in [0.25, 0.3) is 22.0 Å². The molecule has 4 rings (SSSR count). The highest BCUT2D eigenvalue weighted by molar-refractivity contribution is 9.10. The Bertz CT molecular complexity index is 1110. The monoisotopic (exact) mass is 414 g/mol. The van der Waals surface area contributed by atoms with Gasteiger partial charge in [-0.25, -0.2) is 4.98 Å². The van der Waals surface area contributed by atoms with Gasteiger partial charge in [0, 0.05) is 26.8 Å². The number of pyridine rings is 1. The van der Waals surface area contributed by atoms with Gasteiger partial charge in [0.1, 0.15) is 0 Å². The van der Waals surface area contributed by atoms with Crippen LogP contribution in [-0.4, -0.2) is 10.9 Å².